The molecule has 1 aromatic heterocycles. The topological polar surface area (TPSA) is 19.4 Å². The summed E-state index contributed by atoms with van der Waals surface area (Å²) >= 11 is 0. The molecule has 1 saturated heterocycles. The van der Waals surface area contributed by atoms with Crippen molar-refractivity contribution in [3.63, 3.8) is 0 Å². The van der Waals surface area contributed by atoms with Crippen molar-refractivity contribution in [2.75, 3.05) is 29.4 Å². The van der Waals surface area contributed by atoms with Crippen LogP contribution < -0.4 is 9.80 Å². The maximum Gasteiger partial charge on any atom is 0.0868 e. The molecule has 3 nitrogen and oxygen atoms in total. The van der Waals surface area contributed by atoms with Crippen LogP contribution in [0.1, 0.15) is 25.5 Å². The third kappa shape index (κ3) is 1.80. The Hall–Kier alpha value is -1.77. The second-order valence-electron chi connectivity index (χ2n) is 4.91. The fourth-order valence-electron chi connectivity index (χ4n) is 2.45. The fraction of sp³-hybridized carbons (Fsp3) is 0.400. The third-order valence-electron chi connectivity index (χ3n) is 3.62. The molecule has 0 amide bonds. The SMILES string of the molecule is C=C1C=Cc2ncc(N3CCC3)cc2N1CCC. The molecule has 0 spiro atoms. The van der Waals surface area contributed by atoms with E-state index in [-0.39, 0.29) is 0 Å². The Balaban J connectivity index is 1.98. The molecule has 18 heavy (non-hydrogen) atoms. The van der Waals surface area contributed by atoms with Crippen LogP contribution in [-0.4, -0.2) is 24.6 Å². The first-order valence-electron chi connectivity index (χ1n) is 6.69. The molecule has 3 rings (SSSR count). The molecule has 94 valence electrons. The zero-order valence-corrected chi connectivity index (χ0v) is 10.9. The normalized spacial score (nSPS) is 17.7. The number of hydrogen-bond donors (Lipinski definition) is 0. The summed E-state index contributed by atoms with van der Waals surface area (Å²) in [5, 5.41) is 0. The van der Waals surface area contributed by atoms with E-state index in [1.165, 1.54) is 17.8 Å². The van der Waals surface area contributed by atoms with Gasteiger partial charge in [0.15, 0.2) is 0 Å². The molecule has 0 unspecified atom stereocenters. The maximum absolute atomic E-state index is 4.58. The maximum atomic E-state index is 4.58. The van der Waals surface area contributed by atoms with Crippen LogP contribution in [0.3, 0.4) is 0 Å². The van der Waals surface area contributed by atoms with Crippen LogP contribution in [0.5, 0.6) is 0 Å². The van der Waals surface area contributed by atoms with E-state index < -0.39 is 0 Å². The van der Waals surface area contributed by atoms with Gasteiger partial charge >= 0.3 is 0 Å². The molecule has 3 heterocycles. The quantitative estimate of drug-likeness (QED) is 0.810. The first kappa shape index (κ1) is 11.3. The van der Waals surface area contributed by atoms with E-state index in [0.29, 0.717) is 0 Å². The van der Waals surface area contributed by atoms with Crippen molar-refractivity contribution in [3.8, 4) is 0 Å². The van der Waals surface area contributed by atoms with Gasteiger partial charge in [0.05, 0.1) is 23.3 Å². The smallest absolute Gasteiger partial charge is 0.0868 e. The summed E-state index contributed by atoms with van der Waals surface area (Å²) in [5.74, 6) is 0. The lowest BCUT2D eigenvalue weighted by atomic mass is 10.1. The summed E-state index contributed by atoms with van der Waals surface area (Å²) in [6.07, 6.45) is 8.50. The van der Waals surface area contributed by atoms with E-state index in [9.17, 15) is 0 Å². The molecule has 0 aromatic carbocycles. The first-order valence-corrected chi connectivity index (χ1v) is 6.69. The van der Waals surface area contributed by atoms with Crippen molar-refractivity contribution < 1.29 is 0 Å². The van der Waals surface area contributed by atoms with Crippen LogP contribution in [0.15, 0.2) is 30.6 Å². The minimum Gasteiger partial charge on any atom is -0.370 e. The number of aromatic nitrogens is 1. The zero-order valence-electron chi connectivity index (χ0n) is 10.9. The van der Waals surface area contributed by atoms with Crippen molar-refractivity contribution >= 4 is 17.5 Å². The van der Waals surface area contributed by atoms with Crippen LogP contribution >= 0.6 is 0 Å². The van der Waals surface area contributed by atoms with E-state index >= 15 is 0 Å². The van der Waals surface area contributed by atoms with Gasteiger partial charge < -0.3 is 9.80 Å². The van der Waals surface area contributed by atoms with Crippen molar-refractivity contribution in [1.29, 1.82) is 0 Å². The van der Waals surface area contributed by atoms with E-state index in [1.54, 1.807) is 0 Å². The standard InChI is InChI=1S/C15H19N3/c1-3-7-18-12(2)5-6-14-15(18)10-13(11-16-14)17-8-4-9-17/h5-6,10-11H,2-4,7-9H2,1H3. The lowest BCUT2D eigenvalue weighted by molar-refractivity contribution is 0.616. The van der Waals surface area contributed by atoms with Crippen molar-refractivity contribution in [3.05, 3.63) is 36.3 Å². The van der Waals surface area contributed by atoms with Crippen LogP contribution in [-0.2, 0) is 0 Å². The number of anilines is 2. The predicted octanol–water partition coefficient (Wildman–Crippen LogP) is 3.05. The Kier molecular flexibility index (Phi) is 2.82. The summed E-state index contributed by atoms with van der Waals surface area (Å²) < 4.78 is 0. The summed E-state index contributed by atoms with van der Waals surface area (Å²) in [6, 6.07) is 2.26. The van der Waals surface area contributed by atoms with Gasteiger partial charge in [0, 0.05) is 25.3 Å². The highest BCUT2D eigenvalue weighted by atomic mass is 15.2. The Bertz CT molecular complexity index is 500. The highest BCUT2D eigenvalue weighted by molar-refractivity contribution is 5.76. The number of rotatable bonds is 3. The monoisotopic (exact) mass is 241 g/mol. The van der Waals surface area contributed by atoms with Gasteiger partial charge in [-0.1, -0.05) is 13.5 Å². The third-order valence-corrected chi connectivity index (χ3v) is 3.62. The molecule has 3 heteroatoms. The summed E-state index contributed by atoms with van der Waals surface area (Å²) in [6.45, 7) is 9.63. The van der Waals surface area contributed by atoms with E-state index in [4.69, 9.17) is 0 Å². The van der Waals surface area contributed by atoms with Gasteiger partial charge in [0.1, 0.15) is 0 Å². The molecule has 0 bridgehead atoms. The highest BCUT2D eigenvalue weighted by Crippen LogP contribution is 2.33. The van der Waals surface area contributed by atoms with E-state index in [1.807, 2.05) is 12.3 Å². The number of allylic oxidation sites excluding steroid dienone is 1. The predicted molar refractivity (Wildman–Crippen MR) is 76.9 cm³/mol. The molecule has 0 radical (unpaired) electrons. The van der Waals surface area contributed by atoms with Crippen molar-refractivity contribution in [2.24, 2.45) is 0 Å². The average molecular weight is 241 g/mol. The largest absolute Gasteiger partial charge is 0.370 e. The number of nitrogens with zero attached hydrogens (tertiary/aromatic N) is 3. The number of hydrogen-bond acceptors (Lipinski definition) is 3. The van der Waals surface area contributed by atoms with E-state index in [0.717, 1.165) is 37.4 Å². The van der Waals surface area contributed by atoms with Crippen molar-refractivity contribution in [2.45, 2.75) is 19.8 Å². The molecule has 2 aliphatic rings. The average Bonchev–Trinajstić information content (AvgIpc) is 2.31. The van der Waals surface area contributed by atoms with Gasteiger partial charge in [-0.2, -0.15) is 0 Å². The van der Waals surface area contributed by atoms with Gasteiger partial charge in [-0.15, -0.1) is 0 Å². The minimum atomic E-state index is 1.00. The van der Waals surface area contributed by atoms with Gasteiger partial charge in [-0.25, -0.2) is 0 Å². The second-order valence-corrected chi connectivity index (χ2v) is 4.91. The van der Waals surface area contributed by atoms with Gasteiger partial charge in [-0.3, -0.25) is 4.98 Å². The zero-order chi connectivity index (χ0) is 12.5. The second kappa shape index (κ2) is 4.48. The van der Waals surface area contributed by atoms with Crippen LogP contribution in [0.2, 0.25) is 0 Å². The summed E-state index contributed by atoms with van der Waals surface area (Å²) in [5.41, 5.74) is 4.56. The van der Waals surface area contributed by atoms with Crippen LogP contribution in [0, 0.1) is 0 Å². The Morgan fingerprint density at radius 3 is 2.83 bits per heavy atom. The van der Waals surface area contributed by atoms with Gasteiger partial charge in [0.2, 0.25) is 0 Å². The van der Waals surface area contributed by atoms with Crippen LogP contribution in [0.25, 0.3) is 6.08 Å². The number of pyridine rings is 1. The van der Waals surface area contributed by atoms with Crippen molar-refractivity contribution in [1.82, 2.24) is 4.98 Å². The summed E-state index contributed by atoms with van der Waals surface area (Å²) in [7, 11) is 0. The molecule has 1 aromatic rings. The molecule has 0 atom stereocenters. The fourth-order valence-corrected chi connectivity index (χ4v) is 2.45. The van der Waals surface area contributed by atoms with Gasteiger partial charge in [-0.05, 0) is 31.1 Å². The summed E-state index contributed by atoms with van der Waals surface area (Å²) in [4.78, 5) is 9.22. The molecule has 0 aliphatic carbocycles. The molecule has 2 aliphatic heterocycles. The Labute approximate surface area is 108 Å². The van der Waals surface area contributed by atoms with Gasteiger partial charge in [0.25, 0.3) is 0 Å². The molecule has 1 fully saturated rings. The molecular weight excluding hydrogens is 222 g/mol. The lowest BCUT2D eigenvalue weighted by Crippen LogP contribution is -2.37. The molecule has 0 saturated carbocycles. The van der Waals surface area contributed by atoms with Crippen LogP contribution in [0.4, 0.5) is 11.4 Å². The Morgan fingerprint density at radius 2 is 2.17 bits per heavy atom. The molecular formula is C15H19N3. The number of fused-ring (bicyclic) bond motifs is 1. The lowest BCUT2D eigenvalue weighted by Gasteiger charge is -2.35. The van der Waals surface area contributed by atoms with E-state index in [2.05, 4.69) is 40.4 Å². The Morgan fingerprint density at radius 1 is 1.33 bits per heavy atom. The molecule has 0 N–H and O–H groups in total. The highest BCUT2D eigenvalue weighted by Gasteiger charge is 2.20. The first-order chi connectivity index (χ1) is 8.79. The minimum absolute atomic E-state index is 1.00.